The number of carbonyl (C=O) groups excluding carboxylic acids is 1. The fourth-order valence-corrected chi connectivity index (χ4v) is 4.63. The van der Waals surface area contributed by atoms with Gasteiger partial charge in [0.05, 0.1) is 5.57 Å². The van der Waals surface area contributed by atoms with Crippen LogP contribution in [-0.4, -0.2) is 20.7 Å². The van der Waals surface area contributed by atoms with E-state index >= 15 is 0 Å². The SMILES string of the molecule is CC1=C(C(=O)Nc2cccc(C)c2)C(c2ccc(OCc3ccc(C(C)(C)C)cc3)cc2)n2ncnc2N1. The summed E-state index contributed by atoms with van der Waals surface area (Å²) in [6.45, 7) is 11.0. The number of ether oxygens (including phenoxy) is 1. The van der Waals surface area contributed by atoms with Gasteiger partial charge in [-0.3, -0.25) is 4.79 Å². The van der Waals surface area contributed by atoms with E-state index in [4.69, 9.17) is 4.74 Å². The van der Waals surface area contributed by atoms with Crippen molar-refractivity contribution in [2.45, 2.75) is 52.7 Å². The molecule has 5 rings (SSSR count). The van der Waals surface area contributed by atoms with E-state index in [0.717, 1.165) is 33.8 Å². The first-order chi connectivity index (χ1) is 18.2. The second-order valence-corrected chi connectivity index (χ2v) is 10.7. The Hall–Kier alpha value is -4.39. The van der Waals surface area contributed by atoms with Crippen LogP contribution < -0.4 is 15.4 Å². The Kier molecular flexibility index (Phi) is 6.76. The molecule has 0 saturated heterocycles. The van der Waals surface area contributed by atoms with Crippen molar-refractivity contribution < 1.29 is 9.53 Å². The number of amides is 1. The fraction of sp³-hybridized carbons (Fsp3) is 0.258. The summed E-state index contributed by atoms with van der Waals surface area (Å²) in [5.74, 6) is 1.16. The van der Waals surface area contributed by atoms with Crippen LogP contribution in [0.4, 0.5) is 11.6 Å². The Bertz CT molecular complexity index is 1480. The highest BCUT2D eigenvalue weighted by molar-refractivity contribution is 6.06. The van der Waals surface area contributed by atoms with Gasteiger partial charge in [-0.1, -0.05) is 69.3 Å². The zero-order valence-electron chi connectivity index (χ0n) is 22.4. The van der Waals surface area contributed by atoms with Gasteiger partial charge in [0.15, 0.2) is 0 Å². The van der Waals surface area contributed by atoms with Gasteiger partial charge < -0.3 is 15.4 Å². The molecule has 1 unspecified atom stereocenters. The van der Waals surface area contributed by atoms with E-state index in [1.807, 2.05) is 62.4 Å². The molecule has 7 heteroatoms. The first kappa shape index (κ1) is 25.3. The lowest BCUT2D eigenvalue weighted by atomic mass is 9.87. The number of fused-ring (bicyclic) bond motifs is 1. The molecule has 2 N–H and O–H groups in total. The molecule has 194 valence electrons. The summed E-state index contributed by atoms with van der Waals surface area (Å²) in [6, 6.07) is 23.7. The largest absolute Gasteiger partial charge is 0.489 e. The number of aromatic nitrogens is 3. The van der Waals surface area contributed by atoms with Crippen molar-refractivity contribution in [1.82, 2.24) is 14.8 Å². The number of hydrogen-bond donors (Lipinski definition) is 2. The molecular weight excluding hydrogens is 474 g/mol. The van der Waals surface area contributed by atoms with Crippen LogP contribution in [-0.2, 0) is 16.8 Å². The first-order valence-corrected chi connectivity index (χ1v) is 12.8. The molecule has 1 aromatic heterocycles. The fourth-order valence-electron chi connectivity index (χ4n) is 4.63. The molecule has 1 aliphatic rings. The summed E-state index contributed by atoms with van der Waals surface area (Å²) in [4.78, 5) is 17.8. The summed E-state index contributed by atoms with van der Waals surface area (Å²) in [7, 11) is 0. The van der Waals surface area contributed by atoms with E-state index in [0.29, 0.717) is 18.1 Å². The van der Waals surface area contributed by atoms with E-state index in [-0.39, 0.29) is 11.3 Å². The normalized spacial score (nSPS) is 15.0. The van der Waals surface area contributed by atoms with Crippen molar-refractivity contribution in [2.75, 3.05) is 10.6 Å². The van der Waals surface area contributed by atoms with Crippen molar-refractivity contribution in [1.29, 1.82) is 0 Å². The maximum Gasteiger partial charge on any atom is 0.255 e. The van der Waals surface area contributed by atoms with E-state index in [1.165, 1.54) is 11.9 Å². The second kappa shape index (κ2) is 10.2. The lowest BCUT2D eigenvalue weighted by Gasteiger charge is -2.29. The molecule has 1 aliphatic heterocycles. The van der Waals surface area contributed by atoms with Crippen molar-refractivity contribution in [3.05, 3.63) is 113 Å². The van der Waals surface area contributed by atoms with Gasteiger partial charge in [0.2, 0.25) is 5.95 Å². The monoisotopic (exact) mass is 507 g/mol. The Morgan fingerprint density at radius 3 is 2.45 bits per heavy atom. The smallest absolute Gasteiger partial charge is 0.255 e. The maximum absolute atomic E-state index is 13.5. The minimum Gasteiger partial charge on any atom is -0.489 e. The number of rotatable bonds is 6. The number of benzene rings is 3. The number of carbonyl (C=O) groups is 1. The highest BCUT2D eigenvalue weighted by Crippen LogP contribution is 2.36. The number of nitrogens with one attached hydrogen (secondary N) is 2. The van der Waals surface area contributed by atoms with E-state index in [9.17, 15) is 4.79 Å². The Morgan fingerprint density at radius 1 is 1.03 bits per heavy atom. The van der Waals surface area contributed by atoms with Crippen LogP contribution in [0.3, 0.4) is 0 Å². The zero-order chi connectivity index (χ0) is 26.9. The van der Waals surface area contributed by atoms with Gasteiger partial charge >= 0.3 is 0 Å². The van der Waals surface area contributed by atoms with Crippen LogP contribution in [0.5, 0.6) is 5.75 Å². The highest BCUT2D eigenvalue weighted by atomic mass is 16.5. The standard InChI is InChI=1S/C31H33N5O2/c1-20-7-6-8-25(17-20)35-29(37)27-21(2)34-30-32-19-33-36(30)28(27)23-11-15-26(16-12-23)38-18-22-9-13-24(14-10-22)31(3,4)5/h6-17,19,28H,18H2,1-5H3,(H,35,37)(H,32,33,34). The molecule has 0 bridgehead atoms. The number of allylic oxidation sites excluding steroid dienone is 1. The summed E-state index contributed by atoms with van der Waals surface area (Å²) in [5.41, 5.74) is 6.58. The van der Waals surface area contributed by atoms with Crippen molar-refractivity contribution in [3.8, 4) is 5.75 Å². The van der Waals surface area contributed by atoms with Gasteiger partial charge in [0, 0.05) is 11.4 Å². The van der Waals surface area contributed by atoms with Crippen molar-refractivity contribution in [2.24, 2.45) is 0 Å². The summed E-state index contributed by atoms with van der Waals surface area (Å²) in [6.07, 6.45) is 1.49. The molecule has 1 atom stereocenters. The Morgan fingerprint density at radius 2 is 1.76 bits per heavy atom. The highest BCUT2D eigenvalue weighted by Gasteiger charge is 2.33. The van der Waals surface area contributed by atoms with Gasteiger partial charge in [0.1, 0.15) is 24.7 Å². The molecule has 7 nitrogen and oxygen atoms in total. The van der Waals surface area contributed by atoms with Crippen LogP contribution in [0.25, 0.3) is 0 Å². The zero-order valence-corrected chi connectivity index (χ0v) is 22.4. The molecule has 2 heterocycles. The molecule has 0 saturated carbocycles. The molecule has 3 aromatic carbocycles. The average Bonchev–Trinajstić information content (AvgIpc) is 3.35. The third-order valence-electron chi connectivity index (χ3n) is 6.74. The van der Waals surface area contributed by atoms with Gasteiger partial charge in [-0.2, -0.15) is 10.1 Å². The van der Waals surface area contributed by atoms with E-state index < -0.39 is 6.04 Å². The minimum atomic E-state index is -0.433. The third kappa shape index (κ3) is 5.32. The van der Waals surface area contributed by atoms with Gasteiger partial charge in [0.25, 0.3) is 5.91 Å². The predicted octanol–water partition coefficient (Wildman–Crippen LogP) is 6.39. The molecular formula is C31H33N5O2. The summed E-state index contributed by atoms with van der Waals surface area (Å²) in [5, 5.41) is 10.7. The lowest BCUT2D eigenvalue weighted by Crippen LogP contribution is -2.31. The molecule has 0 aliphatic carbocycles. The van der Waals surface area contributed by atoms with Gasteiger partial charge in [-0.05, 0) is 65.8 Å². The predicted molar refractivity (Wildman–Crippen MR) is 150 cm³/mol. The molecule has 38 heavy (non-hydrogen) atoms. The van der Waals surface area contributed by atoms with Crippen LogP contribution in [0.2, 0.25) is 0 Å². The number of anilines is 2. The topological polar surface area (TPSA) is 81.1 Å². The number of hydrogen-bond acceptors (Lipinski definition) is 5. The maximum atomic E-state index is 13.5. The van der Waals surface area contributed by atoms with Crippen LogP contribution in [0, 0.1) is 6.92 Å². The number of nitrogens with zero attached hydrogens (tertiary/aromatic N) is 3. The van der Waals surface area contributed by atoms with Crippen LogP contribution in [0.15, 0.2) is 90.4 Å². The van der Waals surface area contributed by atoms with Crippen molar-refractivity contribution >= 4 is 17.5 Å². The lowest BCUT2D eigenvalue weighted by molar-refractivity contribution is -0.113. The van der Waals surface area contributed by atoms with Gasteiger partial charge in [-0.15, -0.1) is 0 Å². The second-order valence-electron chi connectivity index (χ2n) is 10.7. The summed E-state index contributed by atoms with van der Waals surface area (Å²) < 4.78 is 7.80. The van der Waals surface area contributed by atoms with Crippen LogP contribution in [0.1, 0.15) is 56.0 Å². The van der Waals surface area contributed by atoms with E-state index in [2.05, 4.69) is 65.8 Å². The molecule has 0 radical (unpaired) electrons. The Labute approximate surface area is 223 Å². The third-order valence-corrected chi connectivity index (χ3v) is 6.74. The quantitative estimate of drug-likeness (QED) is 0.316. The average molecular weight is 508 g/mol. The number of aryl methyl sites for hydroxylation is 1. The van der Waals surface area contributed by atoms with Gasteiger partial charge in [-0.25, -0.2) is 4.68 Å². The molecule has 4 aromatic rings. The Balaban J connectivity index is 1.36. The molecule has 0 fully saturated rings. The van der Waals surface area contributed by atoms with Crippen molar-refractivity contribution in [3.63, 3.8) is 0 Å². The molecule has 0 spiro atoms. The summed E-state index contributed by atoms with van der Waals surface area (Å²) >= 11 is 0. The molecule has 1 amide bonds. The first-order valence-electron chi connectivity index (χ1n) is 12.8. The minimum absolute atomic E-state index is 0.121. The van der Waals surface area contributed by atoms with E-state index in [1.54, 1.807) is 4.68 Å². The van der Waals surface area contributed by atoms with Crippen LogP contribution >= 0.6 is 0 Å².